The molecule has 0 radical (unpaired) electrons. The van der Waals surface area contributed by atoms with Crippen LogP contribution >= 0.6 is 0 Å². The van der Waals surface area contributed by atoms with E-state index in [0.717, 1.165) is 22.4 Å². The first-order chi connectivity index (χ1) is 18.6. The van der Waals surface area contributed by atoms with Gasteiger partial charge in [0.25, 0.3) is 5.91 Å². The Kier molecular flexibility index (Phi) is 6.66. The second-order valence-corrected chi connectivity index (χ2v) is 8.97. The number of fused-ring (bicyclic) bond motifs is 1. The summed E-state index contributed by atoms with van der Waals surface area (Å²) in [4.78, 5) is 21.2. The highest BCUT2D eigenvalue weighted by Gasteiger charge is 2.34. The van der Waals surface area contributed by atoms with Crippen LogP contribution in [0.15, 0.2) is 91.1 Å². The van der Waals surface area contributed by atoms with Crippen molar-refractivity contribution in [1.29, 1.82) is 0 Å². The van der Waals surface area contributed by atoms with Crippen LogP contribution in [0.25, 0.3) is 33.3 Å². The highest BCUT2D eigenvalue weighted by atomic mass is 19.4. The number of primary amides is 1. The van der Waals surface area contributed by atoms with E-state index in [2.05, 4.69) is 4.98 Å². The number of benzene rings is 4. The van der Waals surface area contributed by atoms with E-state index in [-0.39, 0.29) is 22.7 Å². The molecule has 39 heavy (non-hydrogen) atoms. The number of anilines is 1. The lowest BCUT2D eigenvalue weighted by Crippen LogP contribution is -2.17. The number of rotatable bonds is 6. The summed E-state index contributed by atoms with van der Waals surface area (Å²) in [6, 6.07) is 23.4. The van der Waals surface area contributed by atoms with E-state index < -0.39 is 23.8 Å². The van der Waals surface area contributed by atoms with Gasteiger partial charge in [-0.05, 0) is 42.0 Å². The third kappa shape index (κ3) is 5.24. The minimum atomic E-state index is -4.57. The Morgan fingerprint density at radius 2 is 1.59 bits per heavy atom. The second-order valence-electron chi connectivity index (χ2n) is 8.97. The smallest absolute Gasteiger partial charge is 0.416 e. The molecule has 9 heteroatoms. The van der Waals surface area contributed by atoms with E-state index in [4.69, 9.17) is 21.2 Å². The molecule has 0 aliphatic carbocycles. The fraction of sp³-hybridized carbons (Fsp3) is 0.100. The molecule has 196 valence electrons. The fourth-order valence-corrected chi connectivity index (χ4v) is 4.43. The van der Waals surface area contributed by atoms with Gasteiger partial charge in [-0.3, -0.25) is 4.79 Å². The van der Waals surface area contributed by atoms with Crippen LogP contribution < -0.4 is 16.2 Å². The quantitative estimate of drug-likeness (QED) is 0.252. The van der Waals surface area contributed by atoms with Gasteiger partial charge in [0.1, 0.15) is 23.4 Å². The van der Waals surface area contributed by atoms with Crippen molar-refractivity contribution < 1.29 is 22.7 Å². The molecule has 1 heterocycles. The van der Waals surface area contributed by atoms with Crippen LogP contribution in [0.4, 0.5) is 19.0 Å². The van der Waals surface area contributed by atoms with E-state index >= 15 is 0 Å². The SMILES string of the molecule is CC(Oc1cc(-c2nc(-c3ccc4ccccc4c3)cnc2N)ccc1C(N)=O)c1ccccc1C(F)(F)F. The molecule has 0 fully saturated rings. The zero-order chi connectivity index (χ0) is 27.7. The van der Waals surface area contributed by atoms with E-state index in [9.17, 15) is 18.0 Å². The molecule has 5 aromatic rings. The van der Waals surface area contributed by atoms with Gasteiger partial charge >= 0.3 is 6.18 Å². The minimum absolute atomic E-state index is 0.00165. The second kappa shape index (κ2) is 10.1. The summed E-state index contributed by atoms with van der Waals surface area (Å²) in [5.41, 5.74) is 13.0. The lowest BCUT2D eigenvalue weighted by molar-refractivity contribution is -0.139. The number of ether oxygens (including phenoxy) is 1. The Hall–Kier alpha value is -4.92. The van der Waals surface area contributed by atoms with Crippen molar-refractivity contribution in [3.8, 4) is 28.3 Å². The average Bonchev–Trinajstić information content (AvgIpc) is 2.92. The van der Waals surface area contributed by atoms with Gasteiger partial charge in [-0.15, -0.1) is 0 Å². The van der Waals surface area contributed by atoms with Crippen molar-refractivity contribution in [2.75, 3.05) is 5.73 Å². The van der Waals surface area contributed by atoms with Gasteiger partial charge in [0.2, 0.25) is 0 Å². The highest BCUT2D eigenvalue weighted by molar-refractivity contribution is 5.96. The highest BCUT2D eigenvalue weighted by Crippen LogP contribution is 2.38. The first kappa shape index (κ1) is 25.7. The molecule has 1 unspecified atom stereocenters. The van der Waals surface area contributed by atoms with Gasteiger partial charge in [-0.2, -0.15) is 13.2 Å². The number of nitrogens with zero attached hydrogens (tertiary/aromatic N) is 2. The molecule has 0 aliphatic rings. The lowest BCUT2D eigenvalue weighted by atomic mass is 10.0. The van der Waals surface area contributed by atoms with Crippen LogP contribution in [0.5, 0.6) is 5.75 Å². The molecule has 6 nitrogen and oxygen atoms in total. The number of nitrogens with two attached hydrogens (primary N) is 2. The molecular formula is C30H23F3N4O2. The summed E-state index contributed by atoms with van der Waals surface area (Å²) in [7, 11) is 0. The van der Waals surface area contributed by atoms with E-state index in [1.165, 1.54) is 37.3 Å². The van der Waals surface area contributed by atoms with Crippen LogP contribution in [-0.4, -0.2) is 15.9 Å². The summed E-state index contributed by atoms with van der Waals surface area (Å²) in [5, 5.41) is 2.11. The Bertz CT molecular complexity index is 1700. The summed E-state index contributed by atoms with van der Waals surface area (Å²) in [6.07, 6.45) is -4.06. The maximum Gasteiger partial charge on any atom is 0.416 e. The maximum atomic E-state index is 13.6. The van der Waals surface area contributed by atoms with Crippen LogP contribution in [0, 0.1) is 0 Å². The number of alkyl halides is 3. The predicted molar refractivity (Wildman–Crippen MR) is 144 cm³/mol. The van der Waals surface area contributed by atoms with Gasteiger partial charge in [0.05, 0.1) is 23.0 Å². The van der Waals surface area contributed by atoms with Crippen molar-refractivity contribution >= 4 is 22.5 Å². The first-order valence-corrected chi connectivity index (χ1v) is 12.0. The molecule has 4 N–H and O–H groups in total. The summed E-state index contributed by atoms with van der Waals surface area (Å²) < 4.78 is 46.7. The standard InChI is InChI=1S/C30H23F3N4O2/c1-17(22-8-4-5-9-24(22)30(31,32)33)39-26-15-21(12-13-23(26)29(35)38)27-28(34)36-16-25(37-27)20-11-10-18-6-2-3-7-19(18)14-20/h2-17H,1H3,(H2,34,36)(H2,35,38). The van der Waals surface area contributed by atoms with Crippen molar-refractivity contribution in [2.24, 2.45) is 5.73 Å². The average molecular weight is 529 g/mol. The zero-order valence-electron chi connectivity index (χ0n) is 20.7. The summed E-state index contributed by atoms with van der Waals surface area (Å²) in [5.74, 6) is -0.661. The molecule has 0 bridgehead atoms. The van der Waals surface area contributed by atoms with Crippen molar-refractivity contribution in [2.45, 2.75) is 19.2 Å². The Labute approximate surface area is 222 Å². The van der Waals surface area contributed by atoms with Crippen molar-refractivity contribution in [3.63, 3.8) is 0 Å². The maximum absolute atomic E-state index is 13.6. The Balaban J connectivity index is 1.55. The van der Waals surface area contributed by atoms with Gasteiger partial charge in [-0.25, -0.2) is 9.97 Å². The van der Waals surface area contributed by atoms with Crippen molar-refractivity contribution in [1.82, 2.24) is 9.97 Å². The molecule has 1 atom stereocenters. The predicted octanol–water partition coefficient (Wildman–Crippen LogP) is 6.80. The van der Waals surface area contributed by atoms with Crippen molar-refractivity contribution in [3.05, 3.63) is 108 Å². The molecule has 5 rings (SSSR count). The third-order valence-electron chi connectivity index (χ3n) is 6.37. The topological polar surface area (TPSA) is 104 Å². The van der Waals surface area contributed by atoms with Crippen LogP contribution in [-0.2, 0) is 6.18 Å². The largest absolute Gasteiger partial charge is 0.485 e. The minimum Gasteiger partial charge on any atom is -0.485 e. The monoisotopic (exact) mass is 528 g/mol. The molecule has 0 spiro atoms. The number of halogens is 3. The third-order valence-corrected chi connectivity index (χ3v) is 6.37. The molecule has 1 amide bonds. The zero-order valence-corrected chi connectivity index (χ0v) is 20.7. The van der Waals surface area contributed by atoms with E-state index in [1.807, 2.05) is 42.5 Å². The van der Waals surface area contributed by atoms with Gasteiger partial charge < -0.3 is 16.2 Å². The van der Waals surface area contributed by atoms with Crippen LogP contribution in [0.1, 0.15) is 34.5 Å². The van der Waals surface area contributed by atoms with Gasteiger partial charge in [0.15, 0.2) is 0 Å². The Morgan fingerprint density at radius 1 is 0.897 bits per heavy atom. The number of aromatic nitrogens is 2. The molecule has 4 aromatic carbocycles. The van der Waals surface area contributed by atoms with Crippen LogP contribution in [0.3, 0.4) is 0 Å². The summed E-state index contributed by atoms with van der Waals surface area (Å²) in [6.45, 7) is 1.47. The van der Waals surface area contributed by atoms with E-state index in [0.29, 0.717) is 17.0 Å². The van der Waals surface area contributed by atoms with Crippen LogP contribution in [0.2, 0.25) is 0 Å². The number of amides is 1. The number of carbonyl (C=O) groups excluding carboxylic acids is 1. The van der Waals surface area contributed by atoms with Gasteiger partial charge in [-0.1, -0.05) is 60.7 Å². The molecule has 0 saturated carbocycles. The molecular weight excluding hydrogens is 505 g/mol. The Morgan fingerprint density at radius 3 is 2.33 bits per heavy atom. The van der Waals surface area contributed by atoms with Gasteiger partial charge in [0, 0.05) is 16.7 Å². The molecule has 0 saturated heterocycles. The van der Waals surface area contributed by atoms with E-state index in [1.54, 1.807) is 12.3 Å². The summed E-state index contributed by atoms with van der Waals surface area (Å²) >= 11 is 0. The fourth-order valence-electron chi connectivity index (χ4n) is 4.43. The number of hydrogen-bond donors (Lipinski definition) is 2. The number of hydrogen-bond acceptors (Lipinski definition) is 5. The number of carbonyl (C=O) groups is 1. The molecule has 1 aromatic heterocycles. The first-order valence-electron chi connectivity index (χ1n) is 12.0. The lowest BCUT2D eigenvalue weighted by Gasteiger charge is -2.21. The molecule has 0 aliphatic heterocycles. The normalized spacial score (nSPS) is 12.3. The number of nitrogen functional groups attached to an aromatic ring is 1.